The molecule has 0 unspecified atom stereocenters. The van der Waals surface area contributed by atoms with Crippen LogP contribution in [0, 0.1) is 0 Å². The van der Waals surface area contributed by atoms with Gasteiger partial charge in [-0.2, -0.15) is 5.10 Å². The van der Waals surface area contributed by atoms with Gasteiger partial charge < -0.3 is 10.1 Å². The van der Waals surface area contributed by atoms with Crippen LogP contribution in [-0.4, -0.2) is 24.1 Å². The molecule has 2 N–H and O–H groups in total. The van der Waals surface area contributed by atoms with E-state index in [9.17, 15) is 9.59 Å². The fourth-order valence-electron chi connectivity index (χ4n) is 3.05. The number of carbonyl (C=O) groups excluding carboxylic acids is 2. The Kier molecular flexibility index (Phi) is 8.15. The van der Waals surface area contributed by atoms with E-state index in [2.05, 4.69) is 28.0 Å². The van der Waals surface area contributed by atoms with E-state index in [1.165, 1.54) is 0 Å². The SMILES string of the molecule is CCOc1ccc(NC(=O)CCC(=O)NN=C(C)c2ccc(-c3ccccc3)cc2)cc1. The zero-order valence-corrected chi connectivity index (χ0v) is 18.3. The molecule has 32 heavy (non-hydrogen) atoms. The fraction of sp³-hybridized carbons (Fsp3) is 0.192. The van der Waals surface area contributed by atoms with Crippen molar-refractivity contribution in [2.75, 3.05) is 11.9 Å². The highest BCUT2D eigenvalue weighted by atomic mass is 16.5. The summed E-state index contributed by atoms with van der Waals surface area (Å²) in [5.41, 5.74) is 7.05. The molecular weight excluding hydrogens is 402 g/mol. The molecule has 0 aliphatic carbocycles. The van der Waals surface area contributed by atoms with Crippen LogP contribution in [0.4, 0.5) is 5.69 Å². The van der Waals surface area contributed by atoms with Gasteiger partial charge in [0.05, 0.1) is 12.3 Å². The standard InChI is InChI=1S/C26H27N3O3/c1-3-32-24-15-13-23(14-16-24)27-25(30)17-18-26(31)29-28-19(2)20-9-11-22(12-10-20)21-7-5-4-6-8-21/h4-16H,3,17-18H2,1-2H3,(H,27,30)(H,29,31). The molecular formula is C26H27N3O3. The number of nitrogens with one attached hydrogen (secondary N) is 2. The van der Waals surface area contributed by atoms with Crippen LogP contribution in [-0.2, 0) is 9.59 Å². The number of rotatable bonds is 9. The molecule has 3 aromatic rings. The Hall–Kier alpha value is -3.93. The molecule has 6 heteroatoms. The van der Waals surface area contributed by atoms with Crippen LogP contribution in [0.15, 0.2) is 84.0 Å². The molecule has 0 heterocycles. The molecule has 0 aromatic heterocycles. The van der Waals surface area contributed by atoms with Crippen molar-refractivity contribution in [3.8, 4) is 16.9 Å². The van der Waals surface area contributed by atoms with E-state index in [1.807, 2.05) is 56.3 Å². The van der Waals surface area contributed by atoms with E-state index < -0.39 is 0 Å². The molecule has 0 aliphatic heterocycles. The Morgan fingerprint density at radius 2 is 1.44 bits per heavy atom. The van der Waals surface area contributed by atoms with Crippen LogP contribution >= 0.6 is 0 Å². The zero-order chi connectivity index (χ0) is 22.8. The Morgan fingerprint density at radius 1 is 0.812 bits per heavy atom. The lowest BCUT2D eigenvalue weighted by Crippen LogP contribution is -2.21. The Balaban J connectivity index is 1.45. The lowest BCUT2D eigenvalue weighted by molar-refractivity contribution is -0.124. The lowest BCUT2D eigenvalue weighted by Gasteiger charge is -2.07. The van der Waals surface area contributed by atoms with Crippen LogP contribution in [0.3, 0.4) is 0 Å². The maximum atomic E-state index is 12.1. The second-order valence-electron chi connectivity index (χ2n) is 7.18. The largest absolute Gasteiger partial charge is 0.494 e. The number of ether oxygens (including phenoxy) is 1. The van der Waals surface area contributed by atoms with Gasteiger partial charge >= 0.3 is 0 Å². The van der Waals surface area contributed by atoms with Gasteiger partial charge in [0.15, 0.2) is 0 Å². The molecule has 3 aromatic carbocycles. The quantitative estimate of drug-likeness (QED) is 0.371. The number of hydrogen-bond acceptors (Lipinski definition) is 4. The van der Waals surface area contributed by atoms with Crippen molar-refractivity contribution in [3.05, 3.63) is 84.4 Å². The number of anilines is 1. The van der Waals surface area contributed by atoms with Crippen molar-refractivity contribution in [2.24, 2.45) is 5.10 Å². The minimum atomic E-state index is -0.313. The van der Waals surface area contributed by atoms with E-state index >= 15 is 0 Å². The van der Waals surface area contributed by atoms with Crippen LogP contribution < -0.4 is 15.5 Å². The minimum absolute atomic E-state index is 0.0482. The summed E-state index contributed by atoms with van der Waals surface area (Å²) in [6.45, 7) is 4.33. The number of hydrogen-bond donors (Lipinski definition) is 2. The third-order valence-corrected chi connectivity index (χ3v) is 4.79. The van der Waals surface area contributed by atoms with Crippen molar-refractivity contribution in [3.63, 3.8) is 0 Å². The molecule has 164 valence electrons. The summed E-state index contributed by atoms with van der Waals surface area (Å²) in [5, 5.41) is 6.92. The van der Waals surface area contributed by atoms with E-state index in [0.29, 0.717) is 18.0 Å². The molecule has 0 saturated heterocycles. The van der Waals surface area contributed by atoms with Gasteiger partial charge in [0.1, 0.15) is 5.75 Å². The topological polar surface area (TPSA) is 79.8 Å². The summed E-state index contributed by atoms with van der Waals surface area (Å²) >= 11 is 0. The molecule has 0 fully saturated rings. The highest BCUT2D eigenvalue weighted by Crippen LogP contribution is 2.19. The normalized spacial score (nSPS) is 11.0. The van der Waals surface area contributed by atoms with Gasteiger partial charge in [-0.25, -0.2) is 5.43 Å². The number of benzene rings is 3. The summed E-state index contributed by atoms with van der Waals surface area (Å²) in [6, 6.07) is 25.2. The van der Waals surface area contributed by atoms with Gasteiger partial charge in [0.25, 0.3) is 0 Å². The maximum Gasteiger partial charge on any atom is 0.240 e. The predicted molar refractivity (Wildman–Crippen MR) is 128 cm³/mol. The molecule has 6 nitrogen and oxygen atoms in total. The molecule has 0 bridgehead atoms. The van der Waals surface area contributed by atoms with Crippen molar-refractivity contribution < 1.29 is 14.3 Å². The van der Waals surface area contributed by atoms with Crippen molar-refractivity contribution >= 4 is 23.2 Å². The second kappa shape index (κ2) is 11.5. The first-order valence-electron chi connectivity index (χ1n) is 10.6. The molecule has 3 rings (SSSR count). The van der Waals surface area contributed by atoms with Crippen LogP contribution in [0.5, 0.6) is 5.75 Å². The van der Waals surface area contributed by atoms with Crippen molar-refractivity contribution in [2.45, 2.75) is 26.7 Å². The average molecular weight is 430 g/mol. The third-order valence-electron chi connectivity index (χ3n) is 4.79. The van der Waals surface area contributed by atoms with Gasteiger partial charge in [-0.1, -0.05) is 54.6 Å². The Morgan fingerprint density at radius 3 is 2.09 bits per heavy atom. The third kappa shape index (κ3) is 6.80. The molecule has 0 spiro atoms. The van der Waals surface area contributed by atoms with Crippen LogP contribution in [0.2, 0.25) is 0 Å². The average Bonchev–Trinajstić information content (AvgIpc) is 2.83. The number of nitrogens with zero attached hydrogens (tertiary/aromatic N) is 1. The highest BCUT2D eigenvalue weighted by molar-refractivity contribution is 6.00. The lowest BCUT2D eigenvalue weighted by atomic mass is 10.0. The first kappa shape index (κ1) is 22.7. The first-order valence-corrected chi connectivity index (χ1v) is 10.6. The van der Waals surface area contributed by atoms with E-state index in [-0.39, 0.29) is 24.7 Å². The Bertz CT molecular complexity index is 1060. The minimum Gasteiger partial charge on any atom is -0.494 e. The fourth-order valence-corrected chi connectivity index (χ4v) is 3.05. The molecule has 2 amide bonds. The number of amides is 2. The summed E-state index contributed by atoms with van der Waals surface area (Å²) in [4.78, 5) is 24.2. The van der Waals surface area contributed by atoms with Crippen molar-refractivity contribution in [1.29, 1.82) is 0 Å². The summed E-state index contributed by atoms with van der Waals surface area (Å²) in [7, 11) is 0. The monoisotopic (exact) mass is 429 g/mol. The van der Waals surface area contributed by atoms with E-state index in [4.69, 9.17) is 4.74 Å². The summed E-state index contributed by atoms with van der Waals surface area (Å²) in [6.07, 6.45) is 0.117. The highest BCUT2D eigenvalue weighted by Gasteiger charge is 2.08. The summed E-state index contributed by atoms with van der Waals surface area (Å²) < 4.78 is 5.37. The van der Waals surface area contributed by atoms with Gasteiger partial charge in [0, 0.05) is 18.5 Å². The zero-order valence-electron chi connectivity index (χ0n) is 18.3. The van der Waals surface area contributed by atoms with Gasteiger partial charge in [-0.05, 0) is 54.8 Å². The maximum absolute atomic E-state index is 12.1. The van der Waals surface area contributed by atoms with Crippen LogP contribution in [0.1, 0.15) is 32.3 Å². The Labute approximate surface area is 188 Å². The van der Waals surface area contributed by atoms with E-state index in [1.54, 1.807) is 24.3 Å². The van der Waals surface area contributed by atoms with Crippen molar-refractivity contribution in [1.82, 2.24) is 5.43 Å². The van der Waals surface area contributed by atoms with E-state index in [0.717, 1.165) is 22.4 Å². The van der Waals surface area contributed by atoms with Crippen LogP contribution in [0.25, 0.3) is 11.1 Å². The molecule has 0 atom stereocenters. The van der Waals surface area contributed by atoms with Gasteiger partial charge in [-0.3, -0.25) is 9.59 Å². The van der Waals surface area contributed by atoms with Gasteiger partial charge in [-0.15, -0.1) is 0 Å². The molecule has 0 aliphatic rings. The number of carbonyl (C=O) groups is 2. The summed E-state index contributed by atoms with van der Waals surface area (Å²) in [5.74, 6) is 0.196. The first-order chi connectivity index (χ1) is 15.5. The second-order valence-corrected chi connectivity index (χ2v) is 7.18. The predicted octanol–water partition coefficient (Wildman–Crippen LogP) is 5.01. The molecule has 0 radical (unpaired) electrons. The molecule has 0 saturated carbocycles. The number of hydrazone groups is 1. The smallest absolute Gasteiger partial charge is 0.240 e. The van der Waals surface area contributed by atoms with Gasteiger partial charge in [0.2, 0.25) is 11.8 Å².